The highest BCUT2D eigenvalue weighted by Gasteiger charge is 2.25. The third-order valence-corrected chi connectivity index (χ3v) is 5.25. The number of nitrogens with two attached hydrogens (primary N) is 1. The lowest BCUT2D eigenvalue weighted by Gasteiger charge is -2.19. The monoisotopic (exact) mass is 420 g/mol. The number of nitrogens with zero attached hydrogens (tertiary/aromatic N) is 1. The van der Waals surface area contributed by atoms with E-state index >= 15 is 0 Å². The summed E-state index contributed by atoms with van der Waals surface area (Å²) in [6.45, 7) is 0.611. The van der Waals surface area contributed by atoms with Crippen molar-refractivity contribution in [1.29, 1.82) is 0 Å². The molecule has 0 amide bonds. The summed E-state index contributed by atoms with van der Waals surface area (Å²) in [5, 5.41) is 0. The first-order valence-electron chi connectivity index (χ1n) is 10.1. The van der Waals surface area contributed by atoms with Crippen molar-refractivity contribution in [3.05, 3.63) is 113 Å². The minimum absolute atomic E-state index is 0.105. The normalized spacial score (nSPS) is 16.8. The molecule has 2 atom stereocenters. The molecule has 0 bridgehead atoms. The summed E-state index contributed by atoms with van der Waals surface area (Å²) < 4.78 is 27.2. The van der Waals surface area contributed by atoms with Crippen LogP contribution in [0.4, 0.5) is 8.78 Å². The molecule has 0 spiro atoms. The first-order valence-corrected chi connectivity index (χ1v) is 10.1. The lowest BCUT2D eigenvalue weighted by atomic mass is 10.0. The van der Waals surface area contributed by atoms with Gasteiger partial charge in [-0.05, 0) is 41.9 Å². The van der Waals surface area contributed by atoms with Crippen molar-refractivity contribution in [2.75, 3.05) is 13.6 Å². The Morgan fingerprint density at radius 1 is 1.03 bits per heavy atom. The number of carbonyl (C=O) groups is 1. The van der Waals surface area contributed by atoms with Gasteiger partial charge in [-0.25, -0.2) is 8.78 Å². The van der Waals surface area contributed by atoms with Crippen LogP contribution in [0.15, 0.2) is 84.9 Å². The molecule has 160 valence electrons. The molecule has 2 N–H and O–H groups in total. The van der Waals surface area contributed by atoms with Gasteiger partial charge in [0.25, 0.3) is 0 Å². The Bertz CT molecular complexity index is 1020. The summed E-state index contributed by atoms with van der Waals surface area (Å²) in [5.41, 5.74) is 9.03. The Labute approximate surface area is 181 Å². The van der Waals surface area contributed by atoms with Gasteiger partial charge in [-0.15, -0.1) is 0 Å². The molecule has 3 aromatic carbocycles. The molecule has 1 aliphatic heterocycles. The van der Waals surface area contributed by atoms with E-state index in [0.29, 0.717) is 18.5 Å². The van der Waals surface area contributed by atoms with Crippen LogP contribution in [0.5, 0.6) is 0 Å². The maximum Gasteiger partial charge on any atom is 0.130 e. The second-order valence-corrected chi connectivity index (χ2v) is 7.51. The average molecular weight is 421 g/mol. The zero-order valence-corrected chi connectivity index (χ0v) is 17.4. The summed E-state index contributed by atoms with van der Waals surface area (Å²) in [7, 11) is 1.98. The second kappa shape index (κ2) is 10.8. The molecule has 1 unspecified atom stereocenters. The van der Waals surface area contributed by atoms with Gasteiger partial charge < -0.3 is 10.5 Å². The standard InChI is InChI=1S/C17H15F2N.C9H11NO/c1-20-11-13(15-10-14(18)7-8-16(15)19)9-17(20)12-5-3-2-4-6-12;10-9(6-7-11)8-4-2-1-3-5-8/h2-10,17H,11H2,1H3;1-5,7,9H,6,10H2/t;9-/m.1/s1. The molecule has 5 heteroatoms. The van der Waals surface area contributed by atoms with Crippen molar-refractivity contribution >= 4 is 11.9 Å². The van der Waals surface area contributed by atoms with E-state index in [-0.39, 0.29) is 17.9 Å². The highest BCUT2D eigenvalue weighted by Crippen LogP contribution is 2.34. The Morgan fingerprint density at radius 3 is 2.32 bits per heavy atom. The molecule has 31 heavy (non-hydrogen) atoms. The largest absolute Gasteiger partial charge is 0.324 e. The van der Waals surface area contributed by atoms with Gasteiger partial charge in [0, 0.05) is 24.6 Å². The molecule has 1 aliphatic rings. The number of benzene rings is 3. The summed E-state index contributed by atoms with van der Waals surface area (Å²) in [6, 6.07) is 23.2. The van der Waals surface area contributed by atoms with Crippen LogP contribution < -0.4 is 5.73 Å². The Morgan fingerprint density at radius 2 is 1.68 bits per heavy atom. The molecule has 3 aromatic rings. The van der Waals surface area contributed by atoms with Crippen molar-refractivity contribution in [3.8, 4) is 0 Å². The first-order chi connectivity index (χ1) is 15.0. The van der Waals surface area contributed by atoms with Gasteiger partial charge in [-0.2, -0.15) is 0 Å². The van der Waals surface area contributed by atoms with Crippen LogP contribution >= 0.6 is 0 Å². The van der Waals surface area contributed by atoms with Crippen LogP contribution in [0.3, 0.4) is 0 Å². The molecule has 0 radical (unpaired) electrons. The van der Waals surface area contributed by atoms with E-state index in [2.05, 4.69) is 4.90 Å². The fraction of sp³-hybridized carbons (Fsp3) is 0.192. The fourth-order valence-corrected chi connectivity index (χ4v) is 3.60. The van der Waals surface area contributed by atoms with E-state index < -0.39 is 5.82 Å². The van der Waals surface area contributed by atoms with Crippen molar-refractivity contribution in [2.24, 2.45) is 5.73 Å². The summed E-state index contributed by atoms with van der Waals surface area (Å²) in [4.78, 5) is 12.2. The number of carbonyl (C=O) groups excluding carboxylic acids is 1. The minimum atomic E-state index is -0.409. The SMILES string of the molecule is CN1CC(c2cc(F)ccc2F)=CC1c1ccccc1.N[C@H](CC=O)c1ccccc1. The van der Waals surface area contributed by atoms with Crippen LogP contribution in [0.25, 0.3) is 5.57 Å². The van der Waals surface area contributed by atoms with Crippen LogP contribution in [-0.2, 0) is 4.79 Å². The molecular weight excluding hydrogens is 394 g/mol. The van der Waals surface area contributed by atoms with Gasteiger partial charge in [-0.1, -0.05) is 66.7 Å². The number of halogens is 2. The number of aldehydes is 1. The van der Waals surface area contributed by atoms with Crippen LogP contribution in [0, 0.1) is 11.6 Å². The first kappa shape index (κ1) is 22.5. The van der Waals surface area contributed by atoms with Crippen LogP contribution in [-0.4, -0.2) is 24.8 Å². The highest BCUT2D eigenvalue weighted by atomic mass is 19.1. The van der Waals surface area contributed by atoms with E-state index in [0.717, 1.165) is 29.1 Å². The van der Waals surface area contributed by atoms with Crippen molar-refractivity contribution < 1.29 is 13.6 Å². The van der Waals surface area contributed by atoms with Gasteiger partial charge in [0.2, 0.25) is 0 Å². The summed E-state index contributed by atoms with van der Waals surface area (Å²) in [6.07, 6.45) is 3.24. The molecule has 0 aliphatic carbocycles. The Balaban J connectivity index is 0.000000210. The van der Waals surface area contributed by atoms with Crippen molar-refractivity contribution in [2.45, 2.75) is 18.5 Å². The second-order valence-electron chi connectivity index (χ2n) is 7.51. The van der Waals surface area contributed by atoms with Crippen LogP contribution in [0.2, 0.25) is 0 Å². The van der Waals surface area contributed by atoms with E-state index in [1.165, 1.54) is 12.1 Å². The van der Waals surface area contributed by atoms with Gasteiger partial charge in [0.15, 0.2) is 0 Å². The molecular formula is C26H26F2N2O. The van der Waals surface area contributed by atoms with E-state index in [9.17, 15) is 13.6 Å². The van der Waals surface area contributed by atoms with E-state index in [1.54, 1.807) is 0 Å². The van der Waals surface area contributed by atoms with Gasteiger partial charge in [0.1, 0.15) is 17.9 Å². The molecule has 3 nitrogen and oxygen atoms in total. The van der Waals surface area contributed by atoms with Crippen molar-refractivity contribution in [1.82, 2.24) is 4.90 Å². The third kappa shape index (κ3) is 5.94. The Kier molecular flexibility index (Phi) is 7.82. The molecule has 4 rings (SSSR count). The smallest absolute Gasteiger partial charge is 0.130 e. The molecule has 0 aromatic heterocycles. The van der Waals surface area contributed by atoms with Crippen molar-refractivity contribution in [3.63, 3.8) is 0 Å². The fourth-order valence-electron chi connectivity index (χ4n) is 3.60. The summed E-state index contributed by atoms with van der Waals surface area (Å²) in [5.74, 6) is -0.784. The van der Waals surface area contributed by atoms with Gasteiger partial charge in [-0.3, -0.25) is 4.90 Å². The predicted octanol–water partition coefficient (Wildman–Crippen LogP) is 5.31. The number of rotatable bonds is 5. The van der Waals surface area contributed by atoms with E-state index in [4.69, 9.17) is 5.73 Å². The maximum atomic E-state index is 13.9. The maximum absolute atomic E-state index is 13.9. The molecule has 0 fully saturated rings. The summed E-state index contributed by atoms with van der Waals surface area (Å²) >= 11 is 0. The predicted molar refractivity (Wildman–Crippen MR) is 120 cm³/mol. The topological polar surface area (TPSA) is 46.3 Å². The minimum Gasteiger partial charge on any atom is -0.324 e. The number of likely N-dealkylation sites (N-methyl/N-ethyl adjacent to an activating group) is 1. The quantitative estimate of drug-likeness (QED) is 0.569. The molecule has 1 heterocycles. The zero-order valence-electron chi connectivity index (χ0n) is 17.4. The van der Waals surface area contributed by atoms with Gasteiger partial charge in [0.05, 0.1) is 6.04 Å². The van der Waals surface area contributed by atoms with E-state index in [1.807, 2.05) is 73.8 Å². The third-order valence-electron chi connectivity index (χ3n) is 5.25. The lowest BCUT2D eigenvalue weighted by molar-refractivity contribution is -0.108. The van der Waals surface area contributed by atoms with Crippen LogP contribution in [0.1, 0.15) is 35.2 Å². The average Bonchev–Trinajstić information content (AvgIpc) is 3.18. The van der Waals surface area contributed by atoms with Gasteiger partial charge >= 0.3 is 0 Å². The lowest BCUT2D eigenvalue weighted by Crippen LogP contribution is -2.19. The highest BCUT2D eigenvalue weighted by molar-refractivity contribution is 5.70. The number of hydrogen-bond acceptors (Lipinski definition) is 3. The molecule has 0 saturated carbocycles. The number of hydrogen-bond donors (Lipinski definition) is 1. The Hall–Kier alpha value is -3.15. The zero-order chi connectivity index (χ0) is 22.2. The molecule has 0 saturated heterocycles.